The Morgan fingerprint density at radius 3 is 2.45 bits per heavy atom. The average Bonchev–Trinajstić information content (AvgIpc) is 2.93. The number of fused-ring (bicyclic) bond motifs is 3. The molecule has 12 nitrogen and oxygen atoms in total. The van der Waals surface area contributed by atoms with E-state index in [4.69, 9.17) is 15.3 Å². The summed E-state index contributed by atoms with van der Waals surface area (Å²) >= 11 is 0. The maximum atomic E-state index is 14.0. The number of Topliss-reactive ketones (excluding diaryl/α,β-unsaturated/α-hetero) is 4. The molecule has 42 heavy (non-hydrogen) atoms. The highest BCUT2D eigenvalue weighted by Gasteiger charge is 2.69. The first kappa shape index (κ1) is 29.1. The van der Waals surface area contributed by atoms with Crippen LogP contribution in [-0.2, 0) is 30.4 Å². The Kier molecular flexibility index (Phi) is 7.23. The Balaban J connectivity index is 1.64. The van der Waals surface area contributed by atoms with E-state index in [2.05, 4.69) is 5.16 Å². The summed E-state index contributed by atoms with van der Waals surface area (Å²) in [5, 5.41) is 26.3. The van der Waals surface area contributed by atoms with Gasteiger partial charge in [0.15, 0.2) is 34.7 Å². The van der Waals surface area contributed by atoms with Gasteiger partial charge in [0.05, 0.1) is 30.8 Å². The van der Waals surface area contributed by atoms with Crippen molar-refractivity contribution in [3.63, 3.8) is 0 Å². The van der Waals surface area contributed by atoms with Gasteiger partial charge in [0, 0.05) is 11.5 Å². The Hall–Kier alpha value is -4.42. The minimum atomic E-state index is -2.77. The number of hydrogen-bond donors (Lipinski definition) is 3. The van der Waals surface area contributed by atoms with E-state index < -0.39 is 64.4 Å². The van der Waals surface area contributed by atoms with Gasteiger partial charge in [-0.3, -0.25) is 28.9 Å². The molecule has 0 radical (unpaired) electrons. The Bertz CT molecular complexity index is 1570. The molecule has 1 amide bonds. The van der Waals surface area contributed by atoms with Gasteiger partial charge in [-0.1, -0.05) is 17.3 Å². The van der Waals surface area contributed by atoms with E-state index in [9.17, 15) is 34.2 Å². The van der Waals surface area contributed by atoms with Crippen LogP contribution in [0.2, 0.25) is 0 Å². The number of hydrogen-bond acceptors (Lipinski definition) is 11. The fourth-order valence-electron chi connectivity index (χ4n) is 6.99. The maximum Gasteiger partial charge on any atom is 0.235 e. The number of carbonyl (C=O) groups excluding carboxylic acids is 5. The number of methoxy groups -OCH3 is 1. The number of oxime groups is 1. The molecule has 3 aliphatic carbocycles. The predicted octanol–water partition coefficient (Wildman–Crippen LogP) is 0.523. The third kappa shape index (κ3) is 4.12. The van der Waals surface area contributed by atoms with E-state index in [1.807, 2.05) is 0 Å². The van der Waals surface area contributed by atoms with Gasteiger partial charge < -0.3 is 25.5 Å². The number of ether oxygens (including phenoxy) is 1. The lowest BCUT2D eigenvalue weighted by Gasteiger charge is -2.52. The van der Waals surface area contributed by atoms with E-state index in [0.717, 1.165) is 0 Å². The minimum Gasteiger partial charge on any atom is -0.507 e. The summed E-state index contributed by atoms with van der Waals surface area (Å²) in [4.78, 5) is 73.0. The number of ketones is 4. The molecule has 0 saturated heterocycles. The lowest BCUT2D eigenvalue weighted by Crippen LogP contribution is -2.74. The molecular formula is C30H31N3O9. The lowest BCUT2D eigenvalue weighted by atomic mass is 9.52. The summed E-state index contributed by atoms with van der Waals surface area (Å²) < 4.78 is 5.40. The average molecular weight is 578 g/mol. The van der Waals surface area contributed by atoms with Gasteiger partial charge in [0.25, 0.3) is 0 Å². The highest BCUT2D eigenvalue weighted by Crippen LogP contribution is 2.51. The number of rotatable bonds is 6. The number of primary amides is 1. The van der Waals surface area contributed by atoms with Crippen LogP contribution < -0.4 is 10.5 Å². The number of phenolic OH excluding ortho intramolecular Hbond substituents is 1. The molecule has 2 fully saturated rings. The molecule has 0 aliphatic heterocycles. The molecule has 0 bridgehead atoms. The Morgan fingerprint density at radius 2 is 1.83 bits per heavy atom. The summed E-state index contributed by atoms with van der Waals surface area (Å²) in [6.45, 7) is 0. The van der Waals surface area contributed by atoms with Crippen molar-refractivity contribution in [2.45, 2.75) is 24.5 Å². The van der Waals surface area contributed by atoms with E-state index in [-0.39, 0.29) is 24.2 Å². The fraction of sp³-hybridized carbons (Fsp3) is 0.400. The Morgan fingerprint density at radius 1 is 1.12 bits per heavy atom. The van der Waals surface area contributed by atoms with Crippen molar-refractivity contribution < 1.29 is 43.8 Å². The van der Waals surface area contributed by atoms with Crippen molar-refractivity contribution in [2.24, 2.45) is 34.6 Å². The van der Waals surface area contributed by atoms with Crippen molar-refractivity contribution in [3.05, 3.63) is 47.0 Å². The molecule has 4 N–H and O–H groups in total. The molecule has 220 valence electrons. The molecule has 2 unspecified atom stereocenters. The largest absolute Gasteiger partial charge is 0.507 e. The smallest absolute Gasteiger partial charge is 0.235 e. The number of benzene rings is 2. The van der Waals surface area contributed by atoms with Crippen LogP contribution in [0.25, 0.3) is 11.1 Å². The van der Waals surface area contributed by atoms with Gasteiger partial charge in [0.2, 0.25) is 5.91 Å². The zero-order valence-corrected chi connectivity index (χ0v) is 23.5. The third-order valence-corrected chi connectivity index (χ3v) is 8.78. The summed E-state index contributed by atoms with van der Waals surface area (Å²) in [6, 6.07) is 7.12. The van der Waals surface area contributed by atoms with Gasteiger partial charge in [-0.05, 0) is 67.7 Å². The zero-order chi connectivity index (χ0) is 30.7. The molecule has 0 spiro atoms. The molecule has 2 aromatic carbocycles. The Labute approximate surface area is 241 Å². The topological polar surface area (TPSA) is 186 Å². The van der Waals surface area contributed by atoms with Crippen LogP contribution in [0.3, 0.4) is 0 Å². The van der Waals surface area contributed by atoms with Crippen LogP contribution in [0.5, 0.6) is 11.5 Å². The van der Waals surface area contributed by atoms with Gasteiger partial charge in [-0.2, -0.15) is 0 Å². The van der Waals surface area contributed by atoms with Crippen molar-refractivity contribution in [1.82, 2.24) is 4.90 Å². The number of aromatic hydroxyl groups is 1. The lowest BCUT2D eigenvalue weighted by molar-refractivity contribution is -0.181. The van der Waals surface area contributed by atoms with Crippen molar-refractivity contribution in [3.8, 4) is 22.6 Å². The molecule has 5 rings (SSSR count). The second-order valence-corrected chi connectivity index (χ2v) is 11.1. The molecule has 0 heterocycles. The first-order valence-corrected chi connectivity index (χ1v) is 13.3. The highest BCUT2D eigenvalue weighted by atomic mass is 16.6. The van der Waals surface area contributed by atoms with Gasteiger partial charge in [-0.25, -0.2) is 0 Å². The van der Waals surface area contributed by atoms with Crippen molar-refractivity contribution in [2.75, 3.05) is 28.3 Å². The van der Waals surface area contributed by atoms with Gasteiger partial charge in [-0.15, -0.1) is 0 Å². The normalized spacial score (nSPS) is 28.9. The SMILES string of the molecule is CO/N=C\c1cc(-c2ccc(O)c3c2C[C@H]2C[C@H]4[C@H](N(C)C)C(=O)C(C(N)=O)C(=O)[C@@]4(O)C(=O)C2C3=O)ccc1OC. The van der Waals surface area contributed by atoms with E-state index in [1.165, 1.54) is 31.4 Å². The van der Waals surface area contributed by atoms with Gasteiger partial charge >= 0.3 is 0 Å². The molecule has 2 aromatic rings. The van der Waals surface area contributed by atoms with Crippen LogP contribution in [0.4, 0.5) is 0 Å². The molecule has 0 aromatic heterocycles. The molecule has 2 saturated carbocycles. The molecule has 12 heteroatoms. The molecular weight excluding hydrogens is 546 g/mol. The number of phenols is 1. The van der Waals surface area contributed by atoms with Crippen molar-refractivity contribution in [1.29, 1.82) is 0 Å². The van der Waals surface area contributed by atoms with Crippen LogP contribution in [0.15, 0.2) is 35.5 Å². The number of aliphatic hydroxyl groups is 1. The summed E-state index contributed by atoms with van der Waals surface area (Å²) in [5.41, 5.74) is 4.88. The minimum absolute atomic E-state index is 0.0344. The first-order valence-electron chi connectivity index (χ1n) is 13.3. The van der Waals surface area contributed by atoms with Crippen LogP contribution >= 0.6 is 0 Å². The van der Waals surface area contributed by atoms with Gasteiger partial charge in [0.1, 0.15) is 18.6 Å². The fourth-order valence-corrected chi connectivity index (χ4v) is 6.99. The van der Waals surface area contributed by atoms with Crippen LogP contribution in [-0.4, -0.2) is 90.3 Å². The number of nitrogens with zero attached hydrogens (tertiary/aromatic N) is 2. The number of likely N-dealkylation sites (N-methyl/N-ethyl adjacent to an activating group) is 1. The summed E-state index contributed by atoms with van der Waals surface area (Å²) in [6.07, 6.45) is 1.57. The number of amides is 1. The number of carbonyl (C=O) groups is 5. The molecule has 3 aliphatic rings. The highest BCUT2D eigenvalue weighted by molar-refractivity contribution is 6.32. The second-order valence-electron chi connectivity index (χ2n) is 11.1. The van der Waals surface area contributed by atoms with E-state index >= 15 is 0 Å². The summed E-state index contributed by atoms with van der Waals surface area (Å²) in [5.74, 6) is -10.4. The quantitative estimate of drug-likeness (QED) is 0.248. The number of nitrogens with two attached hydrogens (primary N) is 1. The van der Waals surface area contributed by atoms with E-state index in [0.29, 0.717) is 28.0 Å². The third-order valence-electron chi connectivity index (χ3n) is 8.78. The van der Waals surface area contributed by atoms with E-state index in [1.54, 1.807) is 38.4 Å². The molecule has 6 atom stereocenters. The summed E-state index contributed by atoms with van der Waals surface area (Å²) in [7, 11) is 5.99. The van der Waals surface area contributed by atoms with Crippen LogP contribution in [0, 0.1) is 23.7 Å². The predicted molar refractivity (Wildman–Crippen MR) is 148 cm³/mol. The second kappa shape index (κ2) is 10.4. The standard InChI is InChI=1S/C30H31N3O9/c1-33(2)24-18-11-14-10-17-16(13-5-8-20(41-3)15(9-13)12-32-42-4)6-7-19(34)22(17)25(35)21(14)27(37)30(18,40)28(38)23(26(24)36)29(31)39/h5-9,12,14,18,21,23-24,34,40H,10-11H2,1-4H3,(H2,31,39)/b32-12-/t14-,18-,21?,23?,24-,30-/m0/s1. The zero-order valence-electron chi connectivity index (χ0n) is 23.5. The maximum absolute atomic E-state index is 14.0. The monoisotopic (exact) mass is 577 g/mol. The van der Waals surface area contributed by atoms with Crippen LogP contribution in [0.1, 0.15) is 27.9 Å². The van der Waals surface area contributed by atoms with Crippen molar-refractivity contribution >= 4 is 35.3 Å². The first-order chi connectivity index (χ1) is 19.9.